The minimum Gasteiger partial charge on any atom is -0.306 e. The first-order chi connectivity index (χ1) is 7.29. The third kappa shape index (κ3) is 3.42. The second kappa shape index (κ2) is 4.51. The predicted molar refractivity (Wildman–Crippen MR) is 63.5 cm³/mol. The summed E-state index contributed by atoms with van der Waals surface area (Å²) in [5.74, 6) is 6.28. The highest BCUT2D eigenvalue weighted by Crippen LogP contribution is 2.43. The number of benzene rings is 1. The van der Waals surface area contributed by atoms with Gasteiger partial charge in [0.25, 0.3) is 0 Å². The summed E-state index contributed by atoms with van der Waals surface area (Å²) in [5.41, 5.74) is 1.67. The predicted octanol–water partition coefficient (Wildman–Crippen LogP) is 2.43. The highest BCUT2D eigenvalue weighted by molar-refractivity contribution is 5.33. The van der Waals surface area contributed by atoms with E-state index in [4.69, 9.17) is 0 Å². The molecule has 0 unspecified atom stereocenters. The molecule has 0 saturated heterocycles. The molecule has 0 heterocycles. The minimum absolute atomic E-state index is 0.578. The van der Waals surface area contributed by atoms with Gasteiger partial charge >= 0.3 is 0 Å². The van der Waals surface area contributed by atoms with Crippen molar-refractivity contribution in [3.05, 3.63) is 35.9 Å². The third-order valence-corrected chi connectivity index (χ3v) is 2.88. The van der Waals surface area contributed by atoms with Gasteiger partial charge in [0, 0.05) is 12.1 Å². The molecule has 1 nitrogen and oxygen atoms in total. The Hall–Kier alpha value is -1.26. The Balaban J connectivity index is 1.71. The lowest BCUT2D eigenvalue weighted by atomic mass is 10.1. The van der Waals surface area contributed by atoms with Crippen LogP contribution >= 0.6 is 0 Å². The standard InChI is InChI=1S/C14H17N/c1-14(9-10-14)12-15-11-5-8-13-6-3-2-4-7-13/h2-4,6-7,15H,9-12H2,1H3. The first kappa shape index (κ1) is 10.3. The van der Waals surface area contributed by atoms with Crippen LogP contribution in [0.2, 0.25) is 0 Å². The lowest BCUT2D eigenvalue weighted by Gasteiger charge is -2.06. The summed E-state index contributed by atoms with van der Waals surface area (Å²) >= 11 is 0. The van der Waals surface area contributed by atoms with Crippen molar-refractivity contribution in [3.8, 4) is 11.8 Å². The SMILES string of the molecule is CC1(CNCC#Cc2ccccc2)CC1. The zero-order valence-electron chi connectivity index (χ0n) is 9.22. The lowest BCUT2D eigenvalue weighted by Crippen LogP contribution is -2.22. The average molecular weight is 199 g/mol. The van der Waals surface area contributed by atoms with Crippen molar-refractivity contribution in [1.82, 2.24) is 5.32 Å². The quantitative estimate of drug-likeness (QED) is 0.582. The van der Waals surface area contributed by atoms with Gasteiger partial charge in [0.1, 0.15) is 0 Å². The number of hydrogen-bond acceptors (Lipinski definition) is 1. The molecule has 0 bridgehead atoms. The van der Waals surface area contributed by atoms with Crippen LogP contribution in [0.25, 0.3) is 0 Å². The number of hydrogen-bond donors (Lipinski definition) is 1. The summed E-state index contributed by atoms with van der Waals surface area (Å²) in [6.07, 6.45) is 2.73. The van der Waals surface area contributed by atoms with Crippen molar-refractivity contribution in [3.63, 3.8) is 0 Å². The van der Waals surface area contributed by atoms with Crippen molar-refractivity contribution < 1.29 is 0 Å². The molecule has 0 radical (unpaired) electrons. The molecule has 1 N–H and O–H groups in total. The van der Waals surface area contributed by atoms with Gasteiger partial charge in [-0.1, -0.05) is 37.0 Å². The molecule has 1 aromatic rings. The van der Waals surface area contributed by atoms with E-state index >= 15 is 0 Å². The Morgan fingerprint density at radius 1 is 1.27 bits per heavy atom. The molecule has 1 fully saturated rings. The van der Waals surface area contributed by atoms with E-state index in [0.717, 1.165) is 18.7 Å². The fourth-order valence-corrected chi connectivity index (χ4v) is 1.48. The summed E-state index contributed by atoms with van der Waals surface area (Å²) in [7, 11) is 0. The third-order valence-electron chi connectivity index (χ3n) is 2.88. The smallest absolute Gasteiger partial charge is 0.0580 e. The van der Waals surface area contributed by atoms with Gasteiger partial charge in [-0.25, -0.2) is 0 Å². The maximum atomic E-state index is 3.38. The lowest BCUT2D eigenvalue weighted by molar-refractivity contribution is 0.520. The molecular formula is C14H17N. The van der Waals surface area contributed by atoms with Crippen molar-refractivity contribution in [2.45, 2.75) is 19.8 Å². The van der Waals surface area contributed by atoms with Crippen LogP contribution in [0.1, 0.15) is 25.3 Å². The second-order valence-corrected chi connectivity index (χ2v) is 4.58. The molecular weight excluding hydrogens is 182 g/mol. The summed E-state index contributed by atoms with van der Waals surface area (Å²) in [6, 6.07) is 10.1. The van der Waals surface area contributed by atoms with Crippen molar-refractivity contribution in [2.75, 3.05) is 13.1 Å². The van der Waals surface area contributed by atoms with Gasteiger partial charge < -0.3 is 5.32 Å². The fraction of sp³-hybridized carbons (Fsp3) is 0.429. The number of nitrogens with one attached hydrogen (secondary N) is 1. The minimum atomic E-state index is 0.578. The Morgan fingerprint density at radius 3 is 2.67 bits per heavy atom. The molecule has 78 valence electrons. The normalized spacial score (nSPS) is 16.6. The van der Waals surface area contributed by atoms with Gasteiger partial charge in [0.05, 0.1) is 6.54 Å². The molecule has 1 aliphatic carbocycles. The molecule has 1 aliphatic rings. The average Bonchev–Trinajstić information content (AvgIpc) is 2.98. The van der Waals surface area contributed by atoms with Crippen LogP contribution in [-0.4, -0.2) is 13.1 Å². The van der Waals surface area contributed by atoms with Crippen LogP contribution < -0.4 is 5.32 Å². The van der Waals surface area contributed by atoms with Gasteiger partial charge in [0.15, 0.2) is 0 Å². The van der Waals surface area contributed by atoms with E-state index in [-0.39, 0.29) is 0 Å². The van der Waals surface area contributed by atoms with Crippen molar-refractivity contribution in [2.24, 2.45) is 5.41 Å². The van der Waals surface area contributed by atoms with Crippen LogP contribution in [0.3, 0.4) is 0 Å². The maximum absolute atomic E-state index is 3.38. The van der Waals surface area contributed by atoms with Crippen LogP contribution in [0.5, 0.6) is 0 Å². The maximum Gasteiger partial charge on any atom is 0.0580 e. The molecule has 1 aromatic carbocycles. The van der Waals surface area contributed by atoms with Gasteiger partial charge in [-0.05, 0) is 30.4 Å². The van der Waals surface area contributed by atoms with E-state index in [1.165, 1.54) is 12.8 Å². The van der Waals surface area contributed by atoms with Crippen LogP contribution in [0, 0.1) is 17.3 Å². The molecule has 0 spiro atoms. The van der Waals surface area contributed by atoms with E-state index in [1.54, 1.807) is 0 Å². The van der Waals surface area contributed by atoms with Crippen LogP contribution in [0.4, 0.5) is 0 Å². The monoisotopic (exact) mass is 199 g/mol. The van der Waals surface area contributed by atoms with Crippen LogP contribution in [0.15, 0.2) is 30.3 Å². The molecule has 0 amide bonds. The molecule has 2 rings (SSSR count). The first-order valence-electron chi connectivity index (χ1n) is 5.53. The van der Waals surface area contributed by atoms with Crippen LogP contribution in [-0.2, 0) is 0 Å². The van der Waals surface area contributed by atoms with Gasteiger partial charge in [-0.3, -0.25) is 0 Å². The number of rotatable bonds is 3. The van der Waals surface area contributed by atoms with Crippen molar-refractivity contribution >= 4 is 0 Å². The molecule has 0 atom stereocenters. The van der Waals surface area contributed by atoms with Gasteiger partial charge in [-0.15, -0.1) is 0 Å². The largest absolute Gasteiger partial charge is 0.306 e. The molecule has 1 saturated carbocycles. The first-order valence-corrected chi connectivity index (χ1v) is 5.53. The van der Waals surface area contributed by atoms with Gasteiger partial charge in [0.2, 0.25) is 0 Å². The van der Waals surface area contributed by atoms with E-state index in [1.807, 2.05) is 30.3 Å². The zero-order valence-corrected chi connectivity index (χ0v) is 9.22. The Labute approximate surface area is 91.9 Å². The van der Waals surface area contributed by atoms with E-state index in [9.17, 15) is 0 Å². The Kier molecular flexibility index (Phi) is 3.08. The molecule has 15 heavy (non-hydrogen) atoms. The Bertz CT molecular complexity index is 365. The zero-order chi connectivity index (χ0) is 10.6. The topological polar surface area (TPSA) is 12.0 Å². The fourth-order valence-electron chi connectivity index (χ4n) is 1.48. The van der Waals surface area contributed by atoms with Crippen molar-refractivity contribution in [1.29, 1.82) is 0 Å². The molecule has 0 aromatic heterocycles. The summed E-state index contributed by atoms with van der Waals surface area (Å²) in [6.45, 7) is 4.23. The van der Waals surface area contributed by atoms with E-state index in [0.29, 0.717) is 5.41 Å². The van der Waals surface area contributed by atoms with E-state index < -0.39 is 0 Å². The van der Waals surface area contributed by atoms with Gasteiger partial charge in [-0.2, -0.15) is 0 Å². The summed E-state index contributed by atoms with van der Waals surface area (Å²) in [4.78, 5) is 0. The molecule has 1 heteroatoms. The molecule has 0 aliphatic heterocycles. The summed E-state index contributed by atoms with van der Waals surface area (Å²) < 4.78 is 0. The highest BCUT2D eigenvalue weighted by Gasteiger charge is 2.36. The Morgan fingerprint density at radius 2 is 2.00 bits per heavy atom. The highest BCUT2D eigenvalue weighted by atomic mass is 14.9. The second-order valence-electron chi connectivity index (χ2n) is 4.58. The summed E-state index contributed by atoms with van der Waals surface area (Å²) in [5, 5.41) is 3.38. The van der Waals surface area contributed by atoms with E-state index in [2.05, 4.69) is 24.1 Å².